The lowest BCUT2D eigenvalue weighted by Crippen LogP contribution is -2.47. The van der Waals surface area contributed by atoms with Gasteiger partial charge in [0.2, 0.25) is 5.91 Å². The third-order valence-corrected chi connectivity index (χ3v) is 4.31. The number of carboxylic acids is 1. The molecule has 2 heterocycles. The second-order valence-electron chi connectivity index (χ2n) is 4.28. The molecule has 2 aliphatic rings. The summed E-state index contributed by atoms with van der Waals surface area (Å²) in [6.07, 6.45) is 0.572. The van der Waals surface area contributed by atoms with Crippen molar-refractivity contribution in [3.63, 3.8) is 0 Å². The Morgan fingerprint density at radius 3 is 2.75 bits per heavy atom. The van der Waals surface area contributed by atoms with Gasteiger partial charge in [-0.1, -0.05) is 0 Å². The second-order valence-corrected chi connectivity index (χ2v) is 5.31. The number of thioether (sulfide) groups is 1. The molecule has 0 aromatic rings. The normalized spacial score (nSPS) is 34.3. The summed E-state index contributed by atoms with van der Waals surface area (Å²) in [6.45, 7) is 2.39. The van der Waals surface area contributed by atoms with E-state index in [-0.39, 0.29) is 18.0 Å². The summed E-state index contributed by atoms with van der Waals surface area (Å²) in [5, 5.41) is 12.1. The van der Waals surface area contributed by atoms with E-state index in [0.29, 0.717) is 13.0 Å². The van der Waals surface area contributed by atoms with E-state index in [9.17, 15) is 9.59 Å². The van der Waals surface area contributed by atoms with Crippen LogP contribution in [0.25, 0.3) is 0 Å². The van der Waals surface area contributed by atoms with Crippen LogP contribution in [-0.2, 0) is 9.59 Å². The van der Waals surface area contributed by atoms with Gasteiger partial charge < -0.3 is 10.0 Å². The van der Waals surface area contributed by atoms with E-state index in [1.165, 1.54) is 0 Å². The summed E-state index contributed by atoms with van der Waals surface area (Å²) >= 11 is 1.70. The highest BCUT2D eigenvalue weighted by Crippen LogP contribution is 2.26. The highest BCUT2D eigenvalue weighted by atomic mass is 32.2. The average molecular weight is 244 g/mol. The lowest BCUT2D eigenvalue weighted by Gasteiger charge is -2.25. The van der Waals surface area contributed by atoms with Gasteiger partial charge in [0.15, 0.2) is 0 Å². The van der Waals surface area contributed by atoms with Gasteiger partial charge in [-0.25, -0.2) is 0 Å². The highest BCUT2D eigenvalue weighted by molar-refractivity contribution is 7.99. The van der Waals surface area contributed by atoms with Crippen LogP contribution in [-0.4, -0.2) is 52.1 Å². The van der Waals surface area contributed by atoms with Crippen molar-refractivity contribution in [3.8, 4) is 0 Å². The number of carboxylic acid groups (broad SMARTS) is 1. The number of carbonyl (C=O) groups is 2. The molecule has 6 heteroatoms. The Balaban J connectivity index is 2.00. The first-order chi connectivity index (χ1) is 7.61. The fraction of sp³-hybridized carbons (Fsp3) is 0.800. The maximum atomic E-state index is 12.1. The number of amides is 1. The van der Waals surface area contributed by atoms with Gasteiger partial charge >= 0.3 is 5.97 Å². The Labute approximate surface area is 98.6 Å². The van der Waals surface area contributed by atoms with Crippen LogP contribution >= 0.6 is 11.8 Å². The predicted octanol–water partition coefficient (Wildman–Crippen LogP) is -0.0295. The van der Waals surface area contributed by atoms with E-state index in [1.807, 2.05) is 6.92 Å². The summed E-state index contributed by atoms with van der Waals surface area (Å²) in [5.41, 5.74) is 0. The average Bonchev–Trinajstić information content (AvgIpc) is 2.84. The van der Waals surface area contributed by atoms with Crippen LogP contribution in [0.4, 0.5) is 0 Å². The van der Waals surface area contributed by atoms with Gasteiger partial charge in [0.05, 0.1) is 12.0 Å². The third kappa shape index (κ3) is 2.04. The van der Waals surface area contributed by atoms with Crippen LogP contribution < -0.4 is 5.32 Å². The van der Waals surface area contributed by atoms with E-state index in [4.69, 9.17) is 5.11 Å². The fourth-order valence-electron chi connectivity index (χ4n) is 2.33. The van der Waals surface area contributed by atoms with Crippen LogP contribution in [0.5, 0.6) is 0 Å². The molecule has 0 radical (unpaired) electrons. The summed E-state index contributed by atoms with van der Waals surface area (Å²) in [7, 11) is 0. The predicted molar refractivity (Wildman–Crippen MR) is 61.2 cm³/mol. The summed E-state index contributed by atoms with van der Waals surface area (Å²) in [6, 6.07) is -0.308. The van der Waals surface area contributed by atoms with Gasteiger partial charge in [0.1, 0.15) is 0 Å². The van der Waals surface area contributed by atoms with E-state index < -0.39 is 11.9 Å². The number of hydrogen-bond acceptors (Lipinski definition) is 4. The van der Waals surface area contributed by atoms with Gasteiger partial charge in [-0.3, -0.25) is 14.9 Å². The summed E-state index contributed by atoms with van der Waals surface area (Å²) in [5.74, 6) is 0.455. The number of nitrogens with zero attached hydrogens (tertiary/aromatic N) is 1. The topological polar surface area (TPSA) is 69.6 Å². The molecule has 0 aromatic carbocycles. The molecule has 2 fully saturated rings. The maximum Gasteiger partial charge on any atom is 0.308 e. The molecule has 2 aliphatic heterocycles. The number of nitrogens with one attached hydrogen (secondary N) is 1. The van der Waals surface area contributed by atoms with Crippen LogP contribution in [0.15, 0.2) is 0 Å². The van der Waals surface area contributed by atoms with Crippen molar-refractivity contribution in [2.45, 2.75) is 25.4 Å². The Morgan fingerprint density at radius 1 is 1.50 bits per heavy atom. The van der Waals surface area contributed by atoms with Gasteiger partial charge in [0, 0.05) is 24.2 Å². The lowest BCUT2D eigenvalue weighted by molar-refractivity contribution is -0.143. The first-order valence-electron chi connectivity index (χ1n) is 5.45. The number of rotatable bonds is 2. The van der Waals surface area contributed by atoms with Crippen molar-refractivity contribution in [1.29, 1.82) is 0 Å². The van der Waals surface area contributed by atoms with Gasteiger partial charge in [-0.15, -0.1) is 11.8 Å². The van der Waals surface area contributed by atoms with Crippen LogP contribution in [0.1, 0.15) is 13.3 Å². The molecule has 2 N–H and O–H groups in total. The minimum absolute atomic E-state index is 0.0567. The lowest BCUT2D eigenvalue weighted by atomic mass is 10.0. The molecular weight excluding hydrogens is 228 g/mol. The smallest absolute Gasteiger partial charge is 0.308 e. The SMILES string of the molecule is CC1C(C(=O)O)CCN1C(=O)C1CSCN1. The first kappa shape index (κ1) is 11.7. The molecule has 3 unspecified atom stereocenters. The van der Waals surface area contributed by atoms with Crippen LogP contribution in [0.3, 0.4) is 0 Å². The number of aliphatic carboxylic acids is 1. The minimum Gasteiger partial charge on any atom is -0.481 e. The largest absolute Gasteiger partial charge is 0.481 e. The third-order valence-electron chi connectivity index (χ3n) is 3.37. The van der Waals surface area contributed by atoms with Crippen LogP contribution in [0, 0.1) is 5.92 Å². The monoisotopic (exact) mass is 244 g/mol. The van der Waals surface area contributed by atoms with Crippen molar-refractivity contribution in [2.24, 2.45) is 5.92 Å². The molecule has 1 amide bonds. The molecule has 0 bridgehead atoms. The molecule has 0 spiro atoms. The van der Waals surface area contributed by atoms with Gasteiger partial charge in [-0.2, -0.15) is 0 Å². The highest BCUT2D eigenvalue weighted by Gasteiger charge is 2.40. The Kier molecular flexibility index (Phi) is 3.39. The van der Waals surface area contributed by atoms with Crippen molar-refractivity contribution in [3.05, 3.63) is 0 Å². The van der Waals surface area contributed by atoms with Crippen molar-refractivity contribution in [2.75, 3.05) is 18.2 Å². The maximum absolute atomic E-state index is 12.1. The Bertz CT molecular complexity index is 304. The molecule has 5 nitrogen and oxygen atoms in total. The number of likely N-dealkylation sites (tertiary alicyclic amines) is 1. The Hall–Kier alpha value is -0.750. The quantitative estimate of drug-likeness (QED) is 0.714. The second kappa shape index (κ2) is 4.63. The first-order valence-corrected chi connectivity index (χ1v) is 6.61. The Morgan fingerprint density at radius 2 is 2.25 bits per heavy atom. The molecule has 2 saturated heterocycles. The number of hydrogen-bond donors (Lipinski definition) is 2. The molecule has 0 aromatic heterocycles. The zero-order chi connectivity index (χ0) is 11.7. The van der Waals surface area contributed by atoms with Gasteiger partial charge in [0.25, 0.3) is 0 Å². The molecule has 16 heavy (non-hydrogen) atoms. The van der Waals surface area contributed by atoms with Crippen LogP contribution in [0.2, 0.25) is 0 Å². The molecule has 3 atom stereocenters. The molecule has 90 valence electrons. The zero-order valence-electron chi connectivity index (χ0n) is 9.18. The standard InChI is InChI=1S/C10H16N2O3S/c1-6-7(10(14)15)2-3-12(6)9(13)8-4-16-5-11-8/h6-8,11H,2-5H2,1H3,(H,14,15). The van der Waals surface area contributed by atoms with E-state index >= 15 is 0 Å². The molecule has 0 aliphatic carbocycles. The summed E-state index contributed by atoms with van der Waals surface area (Å²) < 4.78 is 0. The molecular formula is C10H16N2O3S. The van der Waals surface area contributed by atoms with E-state index in [0.717, 1.165) is 11.6 Å². The fourth-order valence-corrected chi connectivity index (χ4v) is 3.27. The molecule has 0 saturated carbocycles. The number of carbonyl (C=O) groups excluding carboxylic acids is 1. The van der Waals surface area contributed by atoms with Crippen molar-refractivity contribution >= 4 is 23.6 Å². The van der Waals surface area contributed by atoms with E-state index in [2.05, 4.69) is 5.32 Å². The van der Waals surface area contributed by atoms with Crippen molar-refractivity contribution in [1.82, 2.24) is 10.2 Å². The molecule has 2 rings (SSSR count). The van der Waals surface area contributed by atoms with E-state index in [1.54, 1.807) is 16.7 Å². The summed E-state index contributed by atoms with van der Waals surface area (Å²) in [4.78, 5) is 24.7. The van der Waals surface area contributed by atoms with Gasteiger partial charge in [-0.05, 0) is 13.3 Å². The minimum atomic E-state index is -0.795. The zero-order valence-corrected chi connectivity index (χ0v) is 10.00. The van der Waals surface area contributed by atoms with Crippen molar-refractivity contribution < 1.29 is 14.7 Å².